The molecule has 0 spiro atoms. The van der Waals surface area contributed by atoms with Crippen molar-refractivity contribution in [3.63, 3.8) is 0 Å². The molecule has 0 saturated carbocycles. The summed E-state index contributed by atoms with van der Waals surface area (Å²) in [6.07, 6.45) is 0. The predicted molar refractivity (Wildman–Crippen MR) is 147 cm³/mol. The van der Waals surface area contributed by atoms with E-state index in [0.29, 0.717) is 35.4 Å². The third-order valence-corrected chi connectivity index (χ3v) is 9.50. The fourth-order valence-electron chi connectivity index (χ4n) is 4.36. The Kier molecular flexibility index (Phi) is 8.13. The lowest BCUT2D eigenvalue weighted by atomic mass is 10.1. The number of ether oxygens (including phenoxy) is 1. The first-order valence-electron chi connectivity index (χ1n) is 12.5. The van der Waals surface area contributed by atoms with Crippen molar-refractivity contribution in [2.45, 2.75) is 29.1 Å². The van der Waals surface area contributed by atoms with E-state index in [2.05, 4.69) is 10.2 Å². The zero-order chi connectivity index (χ0) is 28.4. The van der Waals surface area contributed by atoms with Crippen molar-refractivity contribution in [1.82, 2.24) is 19.1 Å². The van der Waals surface area contributed by atoms with E-state index in [4.69, 9.17) is 4.74 Å². The van der Waals surface area contributed by atoms with Crippen LogP contribution in [0.4, 0.5) is 8.78 Å². The van der Waals surface area contributed by atoms with E-state index in [9.17, 15) is 22.0 Å². The molecule has 5 rings (SSSR count). The van der Waals surface area contributed by atoms with E-state index in [0.717, 1.165) is 29.5 Å². The number of Topliss-reactive ketones (excluding diaryl/α,β-unsaturated/α-hetero) is 1. The highest BCUT2D eigenvalue weighted by molar-refractivity contribution is 8.00. The lowest BCUT2D eigenvalue weighted by Gasteiger charge is -2.26. The van der Waals surface area contributed by atoms with E-state index < -0.39 is 32.7 Å². The fraction of sp³-hybridized carbons (Fsp3) is 0.250. The summed E-state index contributed by atoms with van der Waals surface area (Å²) in [5.41, 5.74) is 2.10. The molecule has 0 bridgehead atoms. The van der Waals surface area contributed by atoms with Crippen LogP contribution in [0, 0.1) is 18.6 Å². The number of hydrogen-bond donors (Lipinski definition) is 0. The van der Waals surface area contributed by atoms with Crippen LogP contribution in [0.2, 0.25) is 0 Å². The molecule has 40 heavy (non-hydrogen) atoms. The van der Waals surface area contributed by atoms with Gasteiger partial charge >= 0.3 is 0 Å². The highest BCUT2D eigenvalue weighted by Gasteiger charge is 2.29. The number of nitrogens with zero attached hydrogens (tertiary/aromatic N) is 4. The van der Waals surface area contributed by atoms with Crippen molar-refractivity contribution < 1.29 is 26.7 Å². The molecule has 1 atom stereocenters. The molecule has 1 aromatic heterocycles. The Morgan fingerprint density at radius 2 is 1.70 bits per heavy atom. The summed E-state index contributed by atoms with van der Waals surface area (Å²) in [6, 6.07) is 17.2. The number of carbonyl (C=O) groups excluding carboxylic acids is 1. The molecular formula is C28H26F2N4O4S2. The Morgan fingerprint density at radius 1 is 0.975 bits per heavy atom. The minimum atomic E-state index is -3.76. The summed E-state index contributed by atoms with van der Waals surface area (Å²) < 4.78 is 62.4. The van der Waals surface area contributed by atoms with E-state index in [1.807, 2.05) is 37.3 Å². The number of hydrogen-bond acceptors (Lipinski definition) is 7. The number of thioether (sulfide) groups is 1. The van der Waals surface area contributed by atoms with Gasteiger partial charge in [-0.25, -0.2) is 17.2 Å². The molecule has 3 aromatic carbocycles. The molecule has 1 aliphatic heterocycles. The van der Waals surface area contributed by atoms with Crippen molar-refractivity contribution in [1.29, 1.82) is 0 Å². The van der Waals surface area contributed by atoms with E-state index in [-0.39, 0.29) is 23.5 Å². The highest BCUT2D eigenvalue weighted by atomic mass is 32.2. The fourth-order valence-corrected chi connectivity index (χ4v) is 6.74. The minimum absolute atomic E-state index is 0.0433. The van der Waals surface area contributed by atoms with E-state index in [1.54, 1.807) is 29.7 Å². The largest absolute Gasteiger partial charge is 0.379 e. The Morgan fingerprint density at radius 3 is 2.40 bits per heavy atom. The first kappa shape index (κ1) is 28.1. The molecule has 1 aliphatic rings. The van der Waals surface area contributed by atoms with Gasteiger partial charge in [-0.1, -0.05) is 36.0 Å². The topological polar surface area (TPSA) is 94.4 Å². The Hall–Kier alpha value is -3.45. The van der Waals surface area contributed by atoms with Crippen molar-refractivity contribution in [2.75, 3.05) is 26.3 Å². The van der Waals surface area contributed by atoms with Crippen LogP contribution >= 0.6 is 11.8 Å². The first-order valence-corrected chi connectivity index (χ1v) is 14.8. The van der Waals surface area contributed by atoms with Crippen molar-refractivity contribution in [2.24, 2.45) is 0 Å². The van der Waals surface area contributed by atoms with Crippen LogP contribution in [0.25, 0.3) is 17.1 Å². The summed E-state index contributed by atoms with van der Waals surface area (Å²) in [5.74, 6) is -2.13. The molecule has 1 saturated heterocycles. The SMILES string of the molecule is Cc1ccc(S(=O)(=O)N2CCOCC2)cc1-c1nnc(S[C@@H](C)C(=O)c2ccc(F)c(F)c2)n1-c1ccccc1. The van der Waals surface area contributed by atoms with Gasteiger partial charge in [0, 0.05) is 29.9 Å². The van der Waals surface area contributed by atoms with Crippen LogP contribution < -0.4 is 0 Å². The maximum Gasteiger partial charge on any atom is 0.243 e. The second-order valence-corrected chi connectivity index (χ2v) is 12.5. The predicted octanol–water partition coefficient (Wildman–Crippen LogP) is 4.91. The smallest absolute Gasteiger partial charge is 0.243 e. The third kappa shape index (κ3) is 5.57. The van der Waals surface area contributed by atoms with Crippen molar-refractivity contribution in [3.8, 4) is 17.1 Å². The van der Waals surface area contributed by atoms with Gasteiger partial charge in [0.25, 0.3) is 0 Å². The summed E-state index contributed by atoms with van der Waals surface area (Å²) >= 11 is 1.12. The molecule has 1 fully saturated rings. The van der Waals surface area contributed by atoms with Gasteiger partial charge in [0.2, 0.25) is 10.0 Å². The molecule has 12 heteroatoms. The molecule has 0 aliphatic carbocycles. The average molecular weight is 585 g/mol. The number of morpholine rings is 1. The van der Waals surface area contributed by atoms with Gasteiger partial charge in [0.15, 0.2) is 28.4 Å². The molecule has 208 valence electrons. The van der Waals surface area contributed by atoms with Gasteiger partial charge in [-0.05, 0) is 61.9 Å². The highest BCUT2D eigenvalue weighted by Crippen LogP contribution is 2.34. The van der Waals surface area contributed by atoms with Gasteiger partial charge < -0.3 is 4.74 Å². The summed E-state index contributed by atoms with van der Waals surface area (Å²) in [5, 5.41) is 8.44. The van der Waals surface area contributed by atoms with Crippen LogP contribution in [0.5, 0.6) is 0 Å². The van der Waals surface area contributed by atoms with Gasteiger partial charge in [-0.15, -0.1) is 10.2 Å². The lowest BCUT2D eigenvalue weighted by molar-refractivity contribution is 0.0730. The molecule has 8 nitrogen and oxygen atoms in total. The second-order valence-electron chi connectivity index (χ2n) is 9.22. The summed E-state index contributed by atoms with van der Waals surface area (Å²) in [6.45, 7) is 4.72. The number of ketones is 1. The zero-order valence-electron chi connectivity index (χ0n) is 21.8. The summed E-state index contributed by atoms with van der Waals surface area (Å²) in [7, 11) is -3.76. The molecular weight excluding hydrogens is 558 g/mol. The van der Waals surface area contributed by atoms with Crippen LogP contribution in [-0.2, 0) is 14.8 Å². The Balaban J connectivity index is 1.54. The van der Waals surface area contributed by atoms with Gasteiger partial charge in [0.1, 0.15) is 0 Å². The van der Waals surface area contributed by atoms with E-state index in [1.165, 1.54) is 10.4 Å². The first-order chi connectivity index (χ1) is 19.2. The molecule has 4 aromatic rings. The maximum atomic E-state index is 13.8. The number of aromatic nitrogens is 3. The Labute approximate surface area is 235 Å². The molecule has 0 N–H and O–H groups in total. The van der Waals surface area contributed by atoms with Crippen LogP contribution in [0.3, 0.4) is 0 Å². The maximum absolute atomic E-state index is 13.8. The molecule has 0 amide bonds. The lowest BCUT2D eigenvalue weighted by Crippen LogP contribution is -2.40. The monoisotopic (exact) mass is 584 g/mol. The number of aryl methyl sites for hydroxylation is 1. The van der Waals surface area contributed by atoms with E-state index >= 15 is 0 Å². The van der Waals surface area contributed by atoms with Crippen molar-refractivity contribution >= 4 is 27.6 Å². The van der Waals surface area contributed by atoms with Crippen LogP contribution in [0.1, 0.15) is 22.8 Å². The normalized spacial score (nSPS) is 15.2. The van der Waals surface area contributed by atoms with Crippen molar-refractivity contribution in [3.05, 3.63) is 89.5 Å². The standard InChI is InChI=1S/C28H26F2N4O4S2/c1-18-8-10-22(40(36,37)33-12-14-38-15-13-33)17-23(18)27-31-32-28(34(27)21-6-4-3-5-7-21)39-19(2)26(35)20-9-11-24(29)25(30)16-20/h3-11,16-17,19H,12-15H2,1-2H3/t19-/m0/s1. The summed E-state index contributed by atoms with van der Waals surface area (Å²) in [4.78, 5) is 13.2. The Bertz CT molecular complexity index is 1660. The zero-order valence-corrected chi connectivity index (χ0v) is 23.4. The minimum Gasteiger partial charge on any atom is -0.379 e. The number of sulfonamides is 1. The number of carbonyl (C=O) groups is 1. The third-order valence-electron chi connectivity index (χ3n) is 6.56. The quantitative estimate of drug-likeness (QED) is 0.215. The van der Waals surface area contributed by atoms with Gasteiger partial charge in [-0.2, -0.15) is 4.31 Å². The molecule has 2 heterocycles. The number of rotatable bonds is 8. The molecule has 0 radical (unpaired) electrons. The number of para-hydroxylation sites is 1. The second kappa shape index (κ2) is 11.6. The van der Waals surface area contributed by atoms with Gasteiger partial charge in [-0.3, -0.25) is 9.36 Å². The number of benzene rings is 3. The average Bonchev–Trinajstić information content (AvgIpc) is 3.38. The van der Waals surface area contributed by atoms with Crippen LogP contribution in [0.15, 0.2) is 76.8 Å². The molecule has 0 unspecified atom stereocenters. The number of halogens is 2. The van der Waals surface area contributed by atoms with Crippen LogP contribution in [-0.4, -0.2) is 64.8 Å². The van der Waals surface area contributed by atoms with Gasteiger partial charge in [0.05, 0.1) is 23.4 Å².